The predicted molar refractivity (Wildman–Crippen MR) is 56.3 cm³/mol. The Bertz CT molecular complexity index is 395. The molecule has 0 aliphatic heterocycles. The van der Waals surface area contributed by atoms with Gasteiger partial charge in [0.2, 0.25) is 0 Å². The van der Waals surface area contributed by atoms with E-state index in [-0.39, 0.29) is 5.92 Å². The highest BCUT2D eigenvalue weighted by molar-refractivity contribution is 6.31. The van der Waals surface area contributed by atoms with Crippen LogP contribution in [0.4, 0.5) is 4.79 Å². The highest BCUT2D eigenvalue weighted by atomic mass is 35.5. The number of halogens is 1. The average Bonchev–Trinajstić information content (AvgIpc) is 2.59. The number of nitrogens with zero attached hydrogens (tertiary/aromatic N) is 1. The number of nitrogens with one attached hydrogen (secondary N) is 1. The third-order valence-corrected chi connectivity index (χ3v) is 3.02. The van der Waals surface area contributed by atoms with Crippen molar-refractivity contribution in [1.82, 2.24) is 10.3 Å². The van der Waals surface area contributed by atoms with Crippen molar-refractivity contribution in [2.75, 3.05) is 6.54 Å². The Morgan fingerprint density at radius 2 is 2.53 bits per heavy atom. The molecule has 0 fully saturated rings. The predicted octanol–water partition coefficient (Wildman–Crippen LogP) is 2.03. The first-order valence-electron chi connectivity index (χ1n) is 4.78. The topological polar surface area (TPSA) is 62.2 Å². The maximum absolute atomic E-state index is 10.4. The number of carboxylic acid groups (broad SMARTS) is 1. The summed E-state index contributed by atoms with van der Waals surface area (Å²) in [6, 6.07) is 1.77. The van der Waals surface area contributed by atoms with Crippen LogP contribution in [0, 0.1) is 0 Å². The Hall–Kier alpha value is -1.29. The molecule has 0 radical (unpaired) electrons. The summed E-state index contributed by atoms with van der Waals surface area (Å²) < 4.78 is 0. The average molecular weight is 227 g/mol. The molecule has 1 aromatic rings. The van der Waals surface area contributed by atoms with Crippen molar-refractivity contribution < 1.29 is 9.90 Å². The zero-order valence-corrected chi connectivity index (χ0v) is 8.79. The number of hydrogen-bond donors (Lipinski definition) is 2. The summed E-state index contributed by atoms with van der Waals surface area (Å²) in [6.07, 6.45) is 2.46. The standard InChI is InChI=1S/C10H11ClN2O2/c11-8-3-4-12-9-6(1-2-7(8)9)5-13-10(14)15/h3-4,6,13H,1-2,5H2,(H,14,15). The van der Waals surface area contributed by atoms with Crippen molar-refractivity contribution in [1.29, 1.82) is 0 Å². The van der Waals surface area contributed by atoms with Crippen LogP contribution >= 0.6 is 11.6 Å². The van der Waals surface area contributed by atoms with Crippen LogP contribution in [0.2, 0.25) is 5.02 Å². The van der Waals surface area contributed by atoms with E-state index in [4.69, 9.17) is 16.7 Å². The Morgan fingerprint density at radius 3 is 3.27 bits per heavy atom. The summed E-state index contributed by atoms with van der Waals surface area (Å²) in [4.78, 5) is 14.6. The SMILES string of the molecule is O=C(O)NCC1CCc2c(Cl)ccnc21. The van der Waals surface area contributed by atoms with Crippen LogP contribution in [-0.2, 0) is 6.42 Å². The molecule has 1 amide bonds. The molecule has 1 unspecified atom stereocenters. The van der Waals surface area contributed by atoms with Crippen LogP contribution in [0.5, 0.6) is 0 Å². The largest absolute Gasteiger partial charge is 0.465 e. The molecule has 1 atom stereocenters. The number of rotatable bonds is 2. The Labute approximate surface area is 92.3 Å². The minimum atomic E-state index is -0.995. The molecule has 1 aliphatic rings. The lowest BCUT2D eigenvalue weighted by atomic mass is 10.1. The van der Waals surface area contributed by atoms with Crippen molar-refractivity contribution in [3.8, 4) is 0 Å². The fourth-order valence-electron chi connectivity index (χ4n) is 1.95. The van der Waals surface area contributed by atoms with Crippen LogP contribution in [0.25, 0.3) is 0 Å². The molecular formula is C10H11ClN2O2. The number of aromatic nitrogens is 1. The summed E-state index contributed by atoms with van der Waals surface area (Å²) >= 11 is 6.02. The van der Waals surface area contributed by atoms with Gasteiger partial charge in [-0.3, -0.25) is 4.98 Å². The lowest BCUT2D eigenvalue weighted by molar-refractivity contribution is 0.193. The first-order valence-corrected chi connectivity index (χ1v) is 5.16. The molecule has 4 nitrogen and oxygen atoms in total. The van der Waals surface area contributed by atoms with Gasteiger partial charge >= 0.3 is 6.09 Å². The molecule has 0 saturated heterocycles. The van der Waals surface area contributed by atoms with E-state index in [2.05, 4.69) is 10.3 Å². The lowest BCUT2D eigenvalue weighted by Gasteiger charge is -2.09. The van der Waals surface area contributed by atoms with Crippen LogP contribution in [0.1, 0.15) is 23.6 Å². The quantitative estimate of drug-likeness (QED) is 0.811. The fraction of sp³-hybridized carbons (Fsp3) is 0.400. The van der Waals surface area contributed by atoms with Gasteiger partial charge in [-0.1, -0.05) is 11.6 Å². The molecular weight excluding hydrogens is 216 g/mol. The number of pyridine rings is 1. The first-order chi connectivity index (χ1) is 7.18. The minimum Gasteiger partial charge on any atom is -0.465 e. The number of amides is 1. The summed E-state index contributed by atoms with van der Waals surface area (Å²) in [6.45, 7) is 0.412. The smallest absolute Gasteiger partial charge is 0.404 e. The molecule has 1 aliphatic carbocycles. The molecule has 1 heterocycles. The van der Waals surface area contributed by atoms with Gasteiger partial charge in [0.15, 0.2) is 0 Å². The van der Waals surface area contributed by atoms with Gasteiger partial charge < -0.3 is 10.4 Å². The number of carbonyl (C=O) groups is 1. The van der Waals surface area contributed by atoms with Crippen molar-refractivity contribution >= 4 is 17.7 Å². The summed E-state index contributed by atoms with van der Waals surface area (Å²) in [5.41, 5.74) is 2.01. The van der Waals surface area contributed by atoms with E-state index < -0.39 is 6.09 Å². The lowest BCUT2D eigenvalue weighted by Crippen LogP contribution is -2.26. The summed E-state index contributed by atoms with van der Waals surface area (Å²) in [5, 5.41) is 11.6. The van der Waals surface area contributed by atoms with Gasteiger partial charge in [0.1, 0.15) is 0 Å². The van der Waals surface area contributed by atoms with Crippen molar-refractivity contribution in [3.05, 3.63) is 28.5 Å². The second-order valence-corrected chi connectivity index (χ2v) is 3.99. The van der Waals surface area contributed by atoms with E-state index in [9.17, 15) is 4.79 Å². The van der Waals surface area contributed by atoms with E-state index in [1.165, 1.54) is 0 Å². The van der Waals surface area contributed by atoms with E-state index >= 15 is 0 Å². The normalized spacial score (nSPS) is 18.6. The second kappa shape index (κ2) is 4.06. The molecule has 0 spiro atoms. The molecule has 0 saturated carbocycles. The van der Waals surface area contributed by atoms with Gasteiger partial charge in [0.25, 0.3) is 0 Å². The van der Waals surface area contributed by atoms with Crippen molar-refractivity contribution in [3.63, 3.8) is 0 Å². The summed E-state index contributed by atoms with van der Waals surface area (Å²) in [7, 11) is 0. The minimum absolute atomic E-state index is 0.162. The highest BCUT2D eigenvalue weighted by Gasteiger charge is 2.25. The Morgan fingerprint density at radius 1 is 1.73 bits per heavy atom. The maximum Gasteiger partial charge on any atom is 0.404 e. The van der Waals surface area contributed by atoms with Crippen molar-refractivity contribution in [2.24, 2.45) is 0 Å². The molecule has 5 heteroatoms. The molecule has 2 N–H and O–H groups in total. The maximum atomic E-state index is 10.4. The molecule has 15 heavy (non-hydrogen) atoms. The van der Waals surface area contributed by atoms with Crippen molar-refractivity contribution in [2.45, 2.75) is 18.8 Å². The van der Waals surface area contributed by atoms with Gasteiger partial charge in [-0.2, -0.15) is 0 Å². The van der Waals surface area contributed by atoms with E-state index in [1.807, 2.05) is 0 Å². The molecule has 2 rings (SSSR count). The van der Waals surface area contributed by atoms with Gasteiger partial charge in [-0.25, -0.2) is 4.79 Å². The Kier molecular flexibility index (Phi) is 2.77. The van der Waals surface area contributed by atoms with Crippen LogP contribution in [0.15, 0.2) is 12.3 Å². The third kappa shape index (κ3) is 2.04. The Balaban J connectivity index is 2.14. The molecule has 0 aromatic carbocycles. The fourth-order valence-corrected chi connectivity index (χ4v) is 2.20. The van der Waals surface area contributed by atoms with Gasteiger partial charge in [-0.05, 0) is 24.5 Å². The highest BCUT2D eigenvalue weighted by Crippen LogP contribution is 2.34. The molecule has 1 aromatic heterocycles. The zero-order valence-electron chi connectivity index (χ0n) is 8.03. The van der Waals surface area contributed by atoms with E-state index in [0.29, 0.717) is 6.54 Å². The van der Waals surface area contributed by atoms with Crippen LogP contribution < -0.4 is 5.32 Å². The monoisotopic (exact) mass is 226 g/mol. The third-order valence-electron chi connectivity index (χ3n) is 2.66. The van der Waals surface area contributed by atoms with Crippen LogP contribution in [0.3, 0.4) is 0 Å². The van der Waals surface area contributed by atoms with E-state index in [0.717, 1.165) is 29.1 Å². The molecule has 80 valence electrons. The first kappa shape index (κ1) is 10.2. The van der Waals surface area contributed by atoms with E-state index in [1.54, 1.807) is 12.3 Å². The second-order valence-electron chi connectivity index (χ2n) is 3.58. The number of hydrogen-bond acceptors (Lipinski definition) is 2. The van der Waals surface area contributed by atoms with Crippen LogP contribution in [-0.4, -0.2) is 22.7 Å². The summed E-state index contributed by atoms with van der Waals surface area (Å²) in [5.74, 6) is 0.162. The van der Waals surface area contributed by atoms with Gasteiger partial charge in [-0.15, -0.1) is 0 Å². The number of fused-ring (bicyclic) bond motifs is 1. The zero-order chi connectivity index (χ0) is 10.8. The molecule has 0 bridgehead atoms. The van der Waals surface area contributed by atoms with Gasteiger partial charge in [0, 0.05) is 29.4 Å². The van der Waals surface area contributed by atoms with Gasteiger partial charge in [0.05, 0.1) is 0 Å².